The normalized spacial score (nSPS) is 22.4. The van der Waals surface area contributed by atoms with Crippen molar-refractivity contribution in [1.82, 2.24) is 14.9 Å². The van der Waals surface area contributed by atoms with E-state index < -0.39 is 24.0 Å². The molecule has 3 aliphatic heterocycles. The Labute approximate surface area is 241 Å². The highest BCUT2D eigenvalue weighted by Crippen LogP contribution is 2.38. The lowest BCUT2D eigenvalue weighted by atomic mass is 9.95. The highest BCUT2D eigenvalue weighted by Gasteiger charge is 2.39. The summed E-state index contributed by atoms with van der Waals surface area (Å²) in [5.74, 6) is 0.567. The number of aryl methyl sites for hydroxylation is 1. The molecule has 10 heteroatoms. The van der Waals surface area contributed by atoms with E-state index in [1.165, 1.54) is 19.4 Å². The number of nitrogens with zero attached hydrogens (tertiary/aromatic N) is 3. The zero-order valence-corrected chi connectivity index (χ0v) is 24.2. The third-order valence-corrected chi connectivity index (χ3v) is 8.67. The molecule has 0 spiro atoms. The highest BCUT2D eigenvalue weighted by molar-refractivity contribution is 5.78. The van der Waals surface area contributed by atoms with Crippen molar-refractivity contribution in [3.63, 3.8) is 0 Å². The Bertz CT molecular complexity index is 1180. The number of carbonyl (C=O) groups is 1. The van der Waals surface area contributed by atoms with Gasteiger partial charge in [0.1, 0.15) is 29.6 Å². The van der Waals surface area contributed by atoms with Crippen LogP contribution in [-0.2, 0) is 27.1 Å². The maximum absolute atomic E-state index is 15.5. The van der Waals surface area contributed by atoms with Gasteiger partial charge in [-0.1, -0.05) is 6.42 Å². The molecular weight excluding hydrogens is 530 g/mol. The van der Waals surface area contributed by atoms with E-state index in [2.05, 4.69) is 10.3 Å². The van der Waals surface area contributed by atoms with Gasteiger partial charge in [-0.3, -0.25) is 9.88 Å². The van der Waals surface area contributed by atoms with Gasteiger partial charge >= 0.3 is 5.97 Å². The van der Waals surface area contributed by atoms with Gasteiger partial charge in [-0.2, -0.15) is 0 Å². The molecule has 224 valence electrons. The number of unbranched alkanes of at least 4 members (excludes halogenated alkanes) is 1. The average Bonchev–Trinajstić information content (AvgIpc) is 3.49. The van der Waals surface area contributed by atoms with Crippen LogP contribution in [0.15, 0.2) is 18.3 Å². The van der Waals surface area contributed by atoms with Gasteiger partial charge in [0.25, 0.3) is 0 Å². The van der Waals surface area contributed by atoms with Crippen LogP contribution in [0.5, 0.6) is 5.75 Å². The summed E-state index contributed by atoms with van der Waals surface area (Å²) in [6.07, 6.45) is 8.03. The van der Waals surface area contributed by atoms with E-state index in [0.29, 0.717) is 43.8 Å². The first-order valence-corrected chi connectivity index (χ1v) is 15.0. The molecule has 0 amide bonds. The van der Waals surface area contributed by atoms with Gasteiger partial charge in [-0.05, 0) is 70.4 Å². The molecule has 1 N–H and O–H groups in total. The molecule has 0 aromatic carbocycles. The number of hydrogen-bond donors (Lipinski definition) is 1. The second-order valence-corrected chi connectivity index (χ2v) is 11.4. The number of methoxy groups -OCH3 is 2. The lowest BCUT2D eigenvalue weighted by molar-refractivity contribution is -0.147. The fraction of sp³-hybridized carbons (Fsp3) is 0.645. The second kappa shape index (κ2) is 13.9. The van der Waals surface area contributed by atoms with Gasteiger partial charge < -0.3 is 19.5 Å². The maximum Gasteiger partial charge on any atom is 0.327 e. The minimum Gasteiger partial charge on any atom is -0.496 e. The fourth-order valence-corrected chi connectivity index (χ4v) is 6.49. The van der Waals surface area contributed by atoms with Crippen molar-refractivity contribution in [3.05, 3.63) is 46.7 Å². The van der Waals surface area contributed by atoms with Crippen molar-refractivity contribution < 1.29 is 27.8 Å². The number of rotatable bonds is 11. The van der Waals surface area contributed by atoms with Crippen molar-refractivity contribution in [2.75, 3.05) is 45.8 Å². The van der Waals surface area contributed by atoms with Crippen molar-refractivity contribution in [1.29, 1.82) is 0 Å². The third-order valence-electron chi connectivity index (χ3n) is 8.67. The first-order chi connectivity index (χ1) is 20.0. The number of pyridine rings is 2. The van der Waals surface area contributed by atoms with Crippen LogP contribution in [0.1, 0.15) is 86.0 Å². The predicted molar refractivity (Wildman–Crippen MR) is 151 cm³/mol. The number of fused-ring (bicyclic) bond motifs is 1. The zero-order chi connectivity index (χ0) is 28.8. The molecule has 2 fully saturated rings. The second-order valence-electron chi connectivity index (χ2n) is 11.4. The van der Waals surface area contributed by atoms with Crippen LogP contribution >= 0.6 is 0 Å². The molecule has 4 atom stereocenters. The molecule has 5 rings (SSSR count). The molecule has 5 heterocycles. The lowest BCUT2D eigenvalue weighted by Gasteiger charge is -2.30. The van der Waals surface area contributed by atoms with Gasteiger partial charge in [0.05, 0.1) is 32.2 Å². The Balaban J connectivity index is 1.19. The maximum atomic E-state index is 15.5. The summed E-state index contributed by atoms with van der Waals surface area (Å²) in [5, 5.41) is 3.37. The zero-order valence-electron chi connectivity index (χ0n) is 24.2. The smallest absolute Gasteiger partial charge is 0.327 e. The Morgan fingerprint density at radius 2 is 2.10 bits per heavy atom. The molecule has 0 bridgehead atoms. The average molecular weight is 573 g/mol. The van der Waals surface area contributed by atoms with E-state index in [9.17, 15) is 9.18 Å². The van der Waals surface area contributed by atoms with Gasteiger partial charge in [-0.15, -0.1) is 0 Å². The molecule has 0 aliphatic carbocycles. The van der Waals surface area contributed by atoms with Crippen LogP contribution in [0.2, 0.25) is 0 Å². The van der Waals surface area contributed by atoms with Crippen molar-refractivity contribution in [3.8, 4) is 5.75 Å². The summed E-state index contributed by atoms with van der Waals surface area (Å²) in [6.45, 7) is 2.45. The monoisotopic (exact) mass is 572 g/mol. The Morgan fingerprint density at radius 1 is 1.22 bits per heavy atom. The van der Waals surface area contributed by atoms with E-state index in [4.69, 9.17) is 19.2 Å². The van der Waals surface area contributed by atoms with Crippen LogP contribution in [0, 0.1) is 11.7 Å². The standard InChI is InChI=1S/C31H42F2N4O4/c1-39-27-17-22(36-30-23(27)9-7-13-34-30)8-3-4-10-25(33)20-12-14-37(19-20)29(31(38)40-2)24-16-21(32)18-35-28(24)26-11-5-6-15-41-26/h16-18,20,25-26,29H,3-15,19H2,1-2H3,(H,34,36)/t20-,25?,26?,29?/m1/s1. The number of alkyl halides is 1. The van der Waals surface area contributed by atoms with Crippen LogP contribution in [0.4, 0.5) is 14.6 Å². The summed E-state index contributed by atoms with van der Waals surface area (Å²) in [6, 6.07) is 2.52. The van der Waals surface area contributed by atoms with Gasteiger partial charge in [0.15, 0.2) is 0 Å². The number of aromatic nitrogens is 2. The van der Waals surface area contributed by atoms with Crippen molar-refractivity contribution >= 4 is 11.8 Å². The van der Waals surface area contributed by atoms with Crippen molar-refractivity contribution in [2.45, 2.75) is 82.5 Å². The van der Waals surface area contributed by atoms with Crippen LogP contribution in [-0.4, -0.2) is 67.5 Å². The summed E-state index contributed by atoms with van der Waals surface area (Å²) in [4.78, 5) is 24.1. The topological polar surface area (TPSA) is 85.8 Å². The van der Waals surface area contributed by atoms with Crippen molar-refractivity contribution in [2.24, 2.45) is 5.92 Å². The number of nitrogens with one attached hydrogen (secondary N) is 1. The fourth-order valence-electron chi connectivity index (χ4n) is 6.49. The Kier molecular flexibility index (Phi) is 10.0. The number of halogens is 2. The molecule has 3 unspecified atom stereocenters. The van der Waals surface area contributed by atoms with Gasteiger partial charge in [0, 0.05) is 48.5 Å². The lowest BCUT2D eigenvalue weighted by Crippen LogP contribution is -2.35. The highest BCUT2D eigenvalue weighted by atomic mass is 19.1. The molecule has 41 heavy (non-hydrogen) atoms. The van der Waals surface area contributed by atoms with E-state index in [0.717, 1.165) is 80.7 Å². The quantitative estimate of drug-likeness (QED) is 0.279. The van der Waals surface area contributed by atoms with E-state index in [-0.39, 0.29) is 12.0 Å². The number of anilines is 1. The van der Waals surface area contributed by atoms with E-state index >= 15 is 4.39 Å². The van der Waals surface area contributed by atoms with E-state index in [1.807, 2.05) is 11.0 Å². The molecule has 2 aromatic heterocycles. The molecule has 2 aromatic rings. The largest absolute Gasteiger partial charge is 0.496 e. The summed E-state index contributed by atoms with van der Waals surface area (Å²) in [5.41, 5.74) is 3.13. The molecule has 0 radical (unpaired) electrons. The SMILES string of the molecule is COC(=O)C(c1cc(F)cnc1C1CCCCO1)N1CC[C@@H](C(F)CCCCc2cc(OC)c3c(n2)NCCC3)C1. The molecule has 0 saturated carbocycles. The Morgan fingerprint density at radius 3 is 2.88 bits per heavy atom. The van der Waals surface area contributed by atoms with Gasteiger partial charge in [-0.25, -0.2) is 18.6 Å². The molecule has 8 nitrogen and oxygen atoms in total. The van der Waals surface area contributed by atoms with Crippen LogP contribution in [0.3, 0.4) is 0 Å². The third kappa shape index (κ3) is 6.97. The molecule has 2 saturated heterocycles. The summed E-state index contributed by atoms with van der Waals surface area (Å²) in [7, 11) is 3.01. The minimum absolute atomic E-state index is 0.204. The van der Waals surface area contributed by atoms with E-state index in [1.54, 1.807) is 7.11 Å². The Hall–Kier alpha value is -2.85. The van der Waals surface area contributed by atoms with Gasteiger partial charge in [0.2, 0.25) is 0 Å². The van der Waals surface area contributed by atoms with Crippen LogP contribution < -0.4 is 10.1 Å². The first kappa shape index (κ1) is 29.6. The number of ether oxygens (including phenoxy) is 3. The molecule has 3 aliphatic rings. The predicted octanol–water partition coefficient (Wildman–Crippen LogP) is 5.51. The molecular formula is C31H42F2N4O4. The number of esters is 1. The number of hydrogen-bond acceptors (Lipinski definition) is 8. The minimum atomic E-state index is -0.988. The number of carbonyl (C=O) groups excluding carboxylic acids is 1. The summed E-state index contributed by atoms with van der Waals surface area (Å²) < 4.78 is 46.5. The first-order valence-electron chi connectivity index (χ1n) is 15.0. The number of likely N-dealkylation sites (tertiary alicyclic amines) is 1. The summed E-state index contributed by atoms with van der Waals surface area (Å²) >= 11 is 0. The van der Waals surface area contributed by atoms with Crippen LogP contribution in [0.25, 0.3) is 0 Å².